The molecule has 0 aromatic carbocycles. The highest BCUT2D eigenvalue weighted by Crippen LogP contribution is 2.64. The Kier molecular flexibility index (Phi) is 4.34. The lowest BCUT2D eigenvalue weighted by atomic mass is 9.51. The van der Waals surface area contributed by atoms with Gasteiger partial charge in [0.25, 0.3) is 0 Å². The van der Waals surface area contributed by atoms with Crippen molar-refractivity contribution in [2.45, 2.75) is 71.3 Å². The molecule has 4 aliphatic carbocycles. The van der Waals surface area contributed by atoms with Crippen molar-refractivity contribution in [1.82, 2.24) is 0 Å². The predicted octanol–water partition coefficient (Wildman–Crippen LogP) is 3.57. The third-order valence-electron chi connectivity index (χ3n) is 8.24. The van der Waals surface area contributed by atoms with Gasteiger partial charge in [0.15, 0.2) is 11.6 Å². The van der Waals surface area contributed by atoms with Gasteiger partial charge in [-0.15, -0.1) is 0 Å². The van der Waals surface area contributed by atoms with E-state index in [1.165, 1.54) is 18.1 Å². The quantitative estimate of drug-likeness (QED) is 0.771. The summed E-state index contributed by atoms with van der Waals surface area (Å²) in [6.45, 7) is 5.58. The number of hydrogen-bond donors (Lipinski definition) is 1. The third-order valence-corrected chi connectivity index (χ3v) is 8.24. The van der Waals surface area contributed by atoms with E-state index in [2.05, 4.69) is 19.9 Å². The van der Waals surface area contributed by atoms with Crippen molar-refractivity contribution in [2.75, 3.05) is 0 Å². The lowest BCUT2D eigenvalue weighted by Gasteiger charge is -2.54. The van der Waals surface area contributed by atoms with Gasteiger partial charge in [-0.2, -0.15) is 0 Å². The van der Waals surface area contributed by atoms with Crippen LogP contribution in [0.3, 0.4) is 0 Å². The largest absolute Gasteiger partial charge is 0.381 e. The van der Waals surface area contributed by atoms with Gasteiger partial charge >= 0.3 is 0 Å². The molecule has 0 aromatic heterocycles. The SMILES string of the molecule is CC(=O)CC(=O)[C@@]1(O)CC[C@@H]2[C@@H]3C=C(C)C4=CC(=O)CC[C@@H]4[C@H]3CC[C@]21C. The number of Topliss-reactive ketones (excluding diaryl/α,β-unsaturated/α-hetero) is 2. The summed E-state index contributed by atoms with van der Waals surface area (Å²) >= 11 is 0. The first-order chi connectivity index (χ1) is 12.7. The predicted molar refractivity (Wildman–Crippen MR) is 102 cm³/mol. The van der Waals surface area contributed by atoms with E-state index in [4.69, 9.17) is 0 Å². The van der Waals surface area contributed by atoms with Crippen LogP contribution in [0.15, 0.2) is 23.3 Å². The van der Waals surface area contributed by atoms with Crippen LogP contribution in [0, 0.1) is 29.1 Å². The summed E-state index contributed by atoms with van der Waals surface area (Å²) in [6.07, 6.45) is 8.62. The molecule has 0 amide bonds. The minimum absolute atomic E-state index is 0.167. The fraction of sp³-hybridized carbons (Fsp3) is 0.696. The zero-order valence-corrected chi connectivity index (χ0v) is 16.6. The Hall–Kier alpha value is -1.55. The second-order valence-corrected chi connectivity index (χ2v) is 9.57. The van der Waals surface area contributed by atoms with Gasteiger partial charge in [0.05, 0.1) is 6.42 Å². The van der Waals surface area contributed by atoms with Gasteiger partial charge in [0.2, 0.25) is 0 Å². The average molecular weight is 370 g/mol. The summed E-state index contributed by atoms with van der Waals surface area (Å²) in [6, 6.07) is 0. The van der Waals surface area contributed by atoms with E-state index in [0.717, 1.165) is 25.7 Å². The van der Waals surface area contributed by atoms with E-state index in [-0.39, 0.29) is 29.7 Å². The van der Waals surface area contributed by atoms with E-state index in [9.17, 15) is 19.5 Å². The lowest BCUT2D eigenvalue weighted by molar-refractivity contribution is -0.158. The fourth-order valence-corrected chi connectivity index (χ4v) is 6.82. The molecule has 0 aliphatic heterocycles. The molecule has 146 valence electrons. The van der Waals surface area contributed by atoms with Gasteiger partial charge in [-0.1, -0.05) is 18.6 Å². The summed E-state index contributed by atoms with van der Waals surface area (Å²) in [4.78, 5) is 36.2. The summed E-state index contributed by atoms with van der Waals surface area (Å²) in [5, 5.41) is 11.4. The number of rotatable bonds is 3. The number of hydrogen-bond acceptors (Lipinski definition) is 4. The van der Waals surface area contributed by atoms with Gasteiger partial charge in [-0.3, -0.25) is 14.4 Å². The molecule has 4 rings (SSSR count). The maximum atomic E-state index is 12.8. The van der Waals surface area contributed by atoms with Crippen molar-refractivity contribution < 1.29 is 19.5 Å². The Morgan fingerprint density at radius 1 is 1.22 bits per heavy atom. The van der Waals surface area contributed by atoms with Crippen molar-refractivity contribution in [2.24, 2.45) is 29.1 Å². The molecule has 4 nitrogen and oxygen atoms in total. The molecular formula is C23H30O4. The first-order valence-electron chi connectivity index (χ1n) is 10.4. The molecule has 0 heterocycles. The van der Waals surface area contributed by atoms with Crippen molar-refractivity contribution in [3.63, 3.8) is 0 Å². The van der Waals surface area contributed by atoms with Crippen molar-refractivity contribution >= 4 is 17.3 Å². The van der Waals surface area contributed by atoms with Crippen LogP contribution in [0.25, 0.3) is 0 Å². The van der Waals surface area contributed by atoms with Crippen LogP contribution in [-0.2, 0) is 14.4 Å². The normalized spacial score (nSPS) is 43.2. The third kappa shape index (κ3) is 2.63. The molecule has 0 aromatic rings. The molecule has 2 fully saturated rings. The Bertz CT molecular complexity index is 775. The standard InChI is InChI=1S/C23H30O4/c1-13-10-19-17(16-5-4-15(25)12-18(13)16)6-8-22(3)20(19)7-9-23(22,27)21(26)11-14(2)24/h10,12,16-17,19-20,27H,4-9,11H2,1-3H3/t16-,17-,19-,20-,22-,23+/m1/s1. The lowest BCUT2D eigenvalue weighted by Crippen LogP contribution is -2.56. The molecule has 0 bridgehead atoms. The fourth-order valence-electron chi connectivity index (χ4n) is 6.82. The van der Waals surface area contributed by atoms with Crippen LogP contribution in [0.2, 0.25) is 0 Å². The zero-order chi connectivity index (χ0) is 19.6. The Labute approximate surface area is 161 Å². The number of allylic oxidation sites excluding steroid dienone is 4. The van der Waals surface area contributed by atoms with Gasteiger partial charge < -0.3 is 5.11 Å². The Balaban J connectivity index is 1.69. The molecule has 0 unspecified atom stereocenters. The van der Waals surface area contributed by atoms with Gasteiger partial charge in [0.1, 0.15) is 11.4 Å². The molecule has 4 aliphatic rings. The number of carbonyl (C=O) groups is 3. The van der Waals surface area contributed by atoms with Gasteiger partial charge in [-0.25, -0.2) is 0 Å². The van der Waals surface area contributed by atoms with Crippen LogP contribution in [0.5, 0.6) is 0 Å². The summed E-state index contributed by atoms with van der Waals surface area (Å²) in [5.74, 6) is 1.30. The maximum absolute atomic E-state index is 12.8. The van der Waals surface area contributed by atoms with Gasteiger partial charge in [-0.05, 0) is 81.3 Å². The molecule has 0 saturated heterocycles. The summed E-state index contributed by atoms with van der Waals surface area (Å²) < 4.78 is 0. The summed E-state index contributed by atoms with van der Waals surface area (Å²) in [7, 11) is 0. The van der Waals surface area contributed by atoms with Gasteiger partial charge in [0, 0.05) is 11.8 Å². The zero-order valence-electron chi connectivity index (χ0n) is 16.6. The second-order valence-electron chi connectivity index (χ2n) is 9.57. The van der Waals surface area contributed by atoms with Crippen LogP contribution in [-0.4, -0.2) is 28.1 Å². The Morgan fingerprint density at radius 3 is 2.67 bits per heavy atom. The maximum Gasteiger partial charge on any atom is 0.172 e. The van der Waals surface area contributed by atoms with Crippen LogP contribution >= 0.6 is 0 Å². The smallest absolute Gasteiger partial charge is 0.172 e. The van der Waals surface area contributed by atoms with Crippen LogP contribution < -0.4 is 0 Å². The van der Waals surface area contributed by atoms with Crippen molar-refractivity contribution in [3.05, 3.63) is 23.3 Å². The van der Waals surface area contributed by atoms with E-state index < -0.39 is 11.0 Å². The molecular weight excluding hydrogens is 340 g/mol. The molecule has 0 spiro atoms. The number of ketones is 3. The molecule has 0 radical (unpaired) electrons. The van der Waals surface area contributed by atoms with E-state index in [1.54, 1.807) is 0 Å². The second kappa shape index (κ2) is 6.23. The number of aliphatic hydroxyl groups is 1. The first-order valence-corrected chi connectivity index (χ1v) is 10.4. The minimum Gasteiger partial charge on any atom is -0.381 e. The highest BCUT2D eigenvalue weighted by atomic mass is 16.3. The van der Waals surface area contributed by atoms with Crippen molar-refractivity contribution in [3.8, 4) is 0 Å². The average Bonchev–Trinajstić information content (AvgIpc) is 2.88. The molecule has 27 heavy (non-hydrogen) atoms. The van der Waals surface area contributed by atoms with E-state index in [0.29, 0.717) is 30.6 Å². The van der Waals surface area contributed by atoms with E-state index in [1.807, 2.05) is 6.08 Å². The monoisotopic (exact) mass is 370 g/mol. The minimum atomic E-state index is -1.38. The van der Waals surface area contributed by atoms with Crippen molar-refractivity contribution in [1.29, 1.82) is 0 Å². The first kappa shape index (κ1) is 18.8. The molecule has 4 heteroatoms. The van der Waals surface area contributed by atoms with Crippen LogP contribution in [0.1, 0.15) is 65.7 Å². The molecule has 2 saturated carbocycles. The highest BCUT2D eigenvalue weighted by Gasteiger charge is 2.64. The van der Waals surface area contributed by atoms with Crippen LogP contribution in [0.4, 0.5) is 0 Å². The Morgan fingerprint density at radius 2 is 1.96 bits per heavy atom. The number of carbonyl (C=O) groups excluding carboxylic acids is 3. The molecule has 1 N–H and O–H groups in total. The highest BCUT2D eigenvalue weighted by molar-refractivity contribution is 6.02. The van der Waals surface area contributed by atoms with E-state index >= 15 is 0 Å². The summed E-state index contributed by atoms with van der Waals surface area (Å²) in [5.41, 5.74) is 0.568. The topological polar surface area (TPSA) is 71.4 Å². The molecule has 6 atom stereocenters. The number of fused-ring (bicyclic) bond motifs is 5.